The number of carboxylic acid groups (broad SMARTS) is 1. The molecule has 0 bridgehead atoms. The van der Waals surface area contributed by atoms with Crippen molar-refractivity contribution in [1.29, 1.82) is 0 Å². The summed E-state index contributed by atoms with van der Waals surface area (Å²) in [5, 5.41) is 15.0. The van der Waals surface area contributed by atoms with Crippen molar-refractivity contribution in [2.75, 3.05) is 0 Å². The monoisotopic (exact) mass is 552 g/mol. The summed E-state index contributed by atoms with van der Waals surface area (Å²) in [4.78, 5) is 71.4. The van der Waals surface area contributed by atoms with Gasteiger partial charge in [0.05, 0.1) is 25.0 Å². The van der Waals surface area contributed by atoms with Gasteiger partial charge in [-0.1, -0.05) is 51.1 Å². The van der Waals surface area contributed by atoms with Crippen molar-refractivity contribution in [1.82, 2.24) is 20.6 Å². The molecule has 1 aliphatic rings. The zero-order valence-corrected chi connectivity index (χ0v) is 22.7. The molecule has 212 valence electrons. The Morgan fingerprint density at radius 1 is 1.12 bits per heavy atom. The molecule has 2 aromatic rings. The summed E-state index contributed by atoms with van der Waals surface area (Å²) < 4.78 is 11.3. The van der Waals surface area contributed by atoms with E-state index in [4.69, 9.17) is 9.31 Å². The molecular weight excluding hydrogens is 519 g/mol. The van der Waals surface area contributed by atoms with Crippen molar-refractivity contribution in [2.24, 2.45) is 5.92 Å². The van der Waals surface area contributed by atoms with E-state index in [2.05, 4.69) is 20.6 Å². The predicted octanol–water partition coefficient (Wildman–Crippen LogP) is 1.53. The largest absolute Gasteiger partial charge is 0.552 e. The molecule has 1 aromatic heterocycles. The van der Waals surface area contributed by atoms with Crippen molar-refractivity contribution in [3.05, 3.63) is 60.2 Å². The van der Waals surface area contributed by atoms with Gasteiger partial charge in [0.1, 0.15) is 17.3 Å². The second-order valence-electron chi connectivity index (χ2n) is 10.0. The molecule has 0 aliphatic carbocycles. The summed E-state index contributed by atoms with van der Waals surface area (Å²) in [5.74, 6) is -4.84. The van der Waals surface area contributed by atoms with Crippen LogP contribution in [0.25, 0.3) is 0 Å². The van der Waals surface area contributed by atoms with Crippen LogP contribution in [0.2, 0.25) is 0 Å². The van der Waals surface area contributed by atoms with E-state index < -0.39 is 67.1 Å². The third kappa shape index (κ3) is 8.19. The van der Waals surface area contributed by atoms with Crippen LogP contribution in [0.1, 0.15) is 62.5 Å². The standard InChI is InChI=1S/C27H33BN4O8/c1-4-21(33)27(14-23(34)35)15-24(36)39-28(40-27)22(12-17(2)3)32-25(37)19(13-18-8-6-5-7-9-18)31-26(38)20-16-29-10-11-30-20/h5-11,16-17,19,22H,4,12-15H2,1-3H3,(H,31,38)(H,32,37)(H,34,35)/t19-,22-,27-/m0/s1. The van der Waals surface area contributed by atoms with Crippen molar-refractivity contribution >= 4 is 36.7 Å². The van der Waals surface area contributed by atoms with Gasteiger partial charge >= 0.3 is 13.1 Å². The Kier molecular flexibility index (Phi) is 10.5. The number of amides is 2. The SMILES string of the molecule is CCC(=O)[C@]1(CC(=O)O)CC(=O)OB([C@H](CC(C)C)NC(=O)[C@H](Cc2ccccc2)NC(=O)c2cnccn2)O1. The molecule has 1 fully saturated rings. The molecule has 1 aromatic carbocycles. The van der Waals surface area contributed by atoms with Crippen LogP contribution < -0.4 is 10.6 Å². The van der Waals surface area contributed by atoms with Crippen LogP contribution in [0, 0.1) is 5.92 Å². The lowest BCUT2D eigenvalue weighted by Gasteiger charge is -2.39. The van der Waals surface area contributed by atoms with E-state index in [1.54, 1.807) is 19.1 Å². The molecule has 0 saturated carbocycles. The molecule has 40 heavy (non-hydrogen) atoms. The van der Waals surface area contributed by atoms with E-state index in [0.29, 0.717) is 0 Å². The highest BCUT2D eigenvalue weighted by atomic mass is 16.6. The predicted molar refractivity (Wildman–Crippen MR) is 143 cm³/mol. The van der Waals surface area contributed by atoms with E-state index in [0.717, 1.165) is 5.56 Å². The molecule has 13 heteroatoms. The van der Waals surface area contributed by atoms with E-state index in [-0.39, 0.29) is 30.9 Å². The van der Waals surface area contributed by atoms with Crippen LogP contribution >= 0.6 is 0 Å². The van der Waals surface area contributed by atoms with Crippen LogP contribution in [-0.4, -0.2) is 69.3 Å². The second-order valence-corrected chi connectivity index (χ2v) is 10.0. The maximum absolute atomic E-state index is 13.6. The summed E-state index contributed by atoms with van der Waals surface area (Å²) in [5.41, 5.74) is -1.12. The molecule has 12 nitrogen and oxygen atoms in total. The molecule has 0 spiro atoms. The molecule has 3 atom stereocenters. The Hall–Kier alpha value is -4.13. The summed E-state index contributed by atoms with van der Waals surface area (Å²) in [6.07, 6.45) is 3.13. The third-order valence-electron chi connectivity index (χ3n) is 6.37. The summed E-state index contributed by atoms with van der Waals surface area (Å²) >= 11 is 0. The lowest BCUT2D eigenvalue weighted by atomic mass is 9.70. The Bertz CT molecular complexity index is 1210. The highest BCUT2D eigenvalue weighted by Crippen LogP contribution is 2.31. The Balaban J connectivity index is 1.89. The van der Waals surface area contributed by atoms with E-state index >= 15 is 0 Å². The number of carbonyl (C=O) groups is 5. The van der Waals surface area contributed by atoms with Gasteiger partial charge < -0.3 is 25.0 Å². The topological polar surface area (TPSA) is 174 Å². The highest BCUT2D eigenvalue weighted by Gasteiger charge is 2.53. The number of benzene rings is 1. The van der Waals surface area contributed by atoms with Crippen LogP contribution in [0.3, 0.4) is 0 Å². The lowest BCUT2D eigenvalue weighted by Crippen LogP contribution is -2.62. The summed E-state index contributed by atoms with van der Waals surface area (Å²) in [6, 6.07) is 7.99. The zero-order chi connectivity index (χ0) is 29.3. The molecule has 2 heterocycles. The second kappa shape index (κ2) is 13.8. The molecule has 1 saturated heterocycles. The van der Waals surface area contributed by atoms with Crippen LogP contribution in [0.5, 0.6) is 0 Å². The zero-order valence-electron chi connectivity index (χ0n) is 22.7. The number of aliphatic carboxylic acids is 1. The normalized spacial score (nSPS) is 18.4. The summed E-state index contributed by atoms with van der Waals surface area (Å²) in [6.45, 7) is 5.30. The number of hydrogen-bond acceptors (Lipinski definition) is 9. The van der Waals surface area contributed by atoms with Gasteiger partial charge in [-0.05, 0) is 17.9 Å². The smallest absolute Gasteiger partial charge is 0.508 e. The molecule has 0 radical (unpaired) electrons. The minimum Gasteiger partial charge on any atom is -0.508 e. The van der Waals surface area contributed by atoms with Crippen LogP contribution in [-0.2, 0) is 34.9 Å². The Morgan fingerprint density at radius 2 is 1.85 bits per heavy atom. The lowest BCUT2D eigenvalue weighted by molar-refractivity contribution is -0.163. The number of nitrogens with one attached hydrogen (secondary N) is 2. The number of carbonyl (C=O) groups excluding carboxylic acids is 4. The van der Waals surface area contributed by atoms with Gasteiger partial charge in [0.25, 0.3) is 11.9 Å². The van der Waals surface area contributed by atoms with Gasteiger partial charge in [0.15, 0.2) is 5.78 Å². The number of hydrogen-bond donors (Lipinski definition) is 3. The minimum atomic E-state index is -1.91. The van der Waals surface area contributed by atoms with E-state index in [9.17, 15) is 29.1 Å². The van der Waals surface area contributed by atoms with Crippen LogP contribution in [0.4, 0.5) is 0 Å². The maximum Gasteiger partial charge on any atom is 0.552 e. The molecule has 0 unspecified atom stereocenters. The molecule has 3 rings (SSSR count). The molecule has 1 aliphatic heterocycles. The van der Waals surface area contributed by atoms with Crippen LogP contribution in [0.15, 0.2) is 48.9 Å². The first-order valence-corrected chi connectivity index (χ1v) is 13.1. The average molecular weight is 552 g/mol. The van der Waals surface area contributed by atoms with Gasteiger partial charge in [-0.2, -0.15) is 0 Å². The molecule has 3 N–H and O–H groups in total. The van der Waals surface area contributed by atoms with Crippen molar-refractivity contribution in [2.45, 2.75) is 70.5 Å². The Morgan fingerprint density at radius 3 is 2.45 bits per heavy atom. The quantitative estimate of drug-likeness (QED) is 0.309. The summed E-state index contributed by atoms with van der Waals surface area (Å²) in [7, 11) is -1.42. The van der Waals surface area contributed by atoms with Crippen molar-refractivity contribution in [3.63, 3.8) is 0 Å². The first kappa shape index (κ1) is 30.4. The first-order valence-electron chi connectivity index (χ1n) is 13.1. The third-order valence-corrected chi connectivity index (χ3v) is 6.37. The first-order chi connectivity index (χ1) is 19.0. The van der Waals surface area contributed by atoms with E-state index in [1.807, 2.05) is 32.0 Å². The Labute approximate surface area is 232 Å². The minimum absolute atomic E-state index is 0.0213. The maximum atomic E-state index is 13.6. The van der Waals surface area contributed by atoms with Gasteiger partial charge in [-0.15, -0.1) is 0 Å². The molecule has 2 amide bonds. The number of carboxylic acids is 1. The van der Waals surface area contributed by atoms with Gasteiger partial charge in [-0.25, -0.2) is 4.98 Å². The fourth-order valence-electron chi connectivity index (χ4n) is 4.53. The number of aromatic nitrogens is 2. The van der Waals surface area contributed by atoms with Gasteiger partial charge in [0.2, 0.25) is 5.91 Å². The van der Waals surface area contributed by atoms with Gasteiger partial charge in [0, 0.05) is 25.2 Å². The van der Waals surface area contributed by atoms with Crippen molar-refractivity contribution in [3.8, 4) is 0 Å². The number of ketones is 1. The average Bonchev–Trinajstić information content (AvgIpc) is 2.91. The van der Waals surface area contributed by atoms with Gasteiger partial charge in [-0.3, -0.25) is 29.0 Å². The molecular formula is C27H33BN4O8. The number of Topliss-reactive ketones (excluding diaryl/α,β-unsaturated/α-hetero) is 1. The van der Waals surface area contributed by atoms with Crippen molar-refractivity contribution < 1.29 is 38.4 Å². The fourth-order valence-corrected chi connectivity index (χ4v) is 4.53. The number of nitrogens with zero attached hydrogens (tertiary/aromatic N) is 2. The van der Waals surface area contributed by atoms with E-state index in [1.165, 1.54) is 18.6 Å². The number of rotatable bonds is 13. The highest BCUT2D eigenvalue weighted by molar-refractivity contribution is 6.50. The fraction of sp³-hybridized carbons (Fsp3) is 0.444.